The first-order valence-electron chi connectivity index (χ1n) is 9.00. The van der Waals surface area contributed by atoms with Gasteiger partial charge in [0.25, 0.3) is 0 Å². The second-order valence-electron chi connectivity index (χ2n) is 6.39. The molecule has 10 heteroatoms. The van der Waals surface area contributed by atoms with Gasteiger partial charge in [-0.25, -0.2) is 9.97 Å². The third-order valence-electron chi connectivity index (χ3n) is 4.49. The SMILES string of the molecule is CN=C(NCc1nc(-c2ccco2)n[nH]1)NC1CCN(c2ncccc2Cl)C1. The van der Waals surface area contributed by atoms with E-state index in [1.807, 2.05) is 18.2 Å². The first-order valence-corrected chi connectivity index (χ1v) is 9.38. The number of furan rings is 1. The van der Waals surface area contributed by atoms with Crippen LogP contribution in [-0.2, 0) is 6.54 Å². The number of guanidine groups is 1. The van der Waals surface area contributed by atoms with Crippen molar-refractivity contribution in [2.24, 2.45) is 4.99 Å². The molecule has 146 valence electrons. The normalized spacial score (nSPS) is 17.1. The summed E-state index contributed by atoms with van der Waals surface area (Å²) in [6, 6.07) is 7.57. The van der Waals surface area contributed by atoms with Crippen molar-refractivity contribution in [3.63, 3.8) is 0 Å². The zero-order chi connectivity index (χ0) is 19.3. The van der Waals surface area contributed by atoms with Crippen molar-refractivity contribution in [3.05, 3.63) is 47.6 Å². The number of aliphatic imine (C=N–C) groups is 1. The summed E-state index contributed by atoms with van der Waals surface area (Å²) in [5.41, 5.74) is 0. The Hall–Kier alpha value is -3.07. The fourth-order valence-corrected chi connectivity index (χ4v) is 3.37. The molecule has 0 aliphatic carbocycles. The van der Waals surface area contributed by atoms with Crippen LogP contribution in [0.2, 0.25) is 5.02 Å². The van der Waals surface area contributed by atoms with Crippen LogP contribution in [0.3, 0.4) is 0 Å². The topological polar surface area (TPSA) is 107 Å². The molecule has 0 aromatic carbocycles. The number of nitrogens with zero attached hydrogens (tertiary/aromatic N) is 5. The van der Waals surface area contributed by atoms with Gasteiger partial charge < -0.3 is 20.0 Å². The molecule has 0 saturated carbocycles. The van der Waals surface area contributed by atoms with E-state index >= 15 is 0 Å². The van der Waals surface area contributed by atoms with E-state index in [1.165, 1.54) is 0 Å². The van der Waals surface area contributed by atoms with Crippen molar-refractivity contribution in [1.82, 2.24) is 30.8 Å². The highest BCUT2D eigenvalue weighted by molar-refractivity contribution is 6.32. The fraction of sp³-hybridized carbons (Fsp3) is 0.333. The summed E-state index contributed by atoms with van der Waals surface area (Å²) in [5.74, 6) is 3.38. The summed E-state index contributed by atoms with van der Waals surface area (Å²) in [6.07, 6.45) is 4.33. The molecule has 1 aliphatic rings. The van der Waals surface area contributed by atoms with E-state index in [0.717, 1.165) is 25.3 Å². The van der Waals surface area contributed by atoms with Gasteiger partial charge in [-0.3, -0.25) is 10.1 Å². The number of rotatable bonds is 5. The second-order valence-corrected chi connectivity index (χ2v) is 6.80. The first-order chi connectivity index (χ1) is 13.7. The average Bonchev–Trinajstić information content (AvgIpc) is 3.46. The Labute approximate surface area is 167 Å². The number of H-pyrrole nitrogens is 1. The summed E-state index contributed by atoms with van der Waals surface area (Å²) < 4.78 is 5.30. The predicted octanol–water partition coefficient (Wildman–Crippen LogP) is 2.06. The van der Waals surface area contributed by atoms with Crippen LogP contribution < -0.4 is 15.5 Å². The summed E-state index contributed by atoms with van der Waals surface area (Å²) in [4.78, 5) is 15.3. The standard InChI is InChI=1S/C18H21ClN8O/c1-20-18(22-10-15-24-16(26-25-15)14-5-3-9-28-14)23-12-6-8-27(11-12)17-13(19)4-2-7-21-17/h2-5,7,9,12H,6,8,10-11H2,1H3,(H2,20,22,23)(H,24,25,26). The predicted molar refractivity (Wildman–Crippen MR) is 107 cm³/mol. The lowest BCUT2D eigenvalue weighted by atomic mass is 10.3. The Kier molecular flexibility index (Phi) is 5.43. The Morgan fingerprint density at radius 1 is 1.43 bits per heavy atom. The molecule has 1 fully saturated rings. The maximum absolute atomic E-state index is 6.26. The molecule has 1 saturated heterocycles. The van der Waals surface area contributed by atoms with Crippen molar-refractivity contribution >= 4 is 23.4 Å². The van der Waals surface area contributed by atoms with E-state index in [2.05, 4.69) is 40.7 Å². The Morgan fingerprint density at radius 3 is 3.14 bits per heavy atom. The maximum Gasteiger partial charge on any atom is 0.216 e. The van der Waals surface area contributed by atoms with Crippen LogP contribution in [0.4, 0.5) is 5.82 Å². The van der Waals surface area contributed by atoms with Crippen molar-refractivity contribution < 1.29 is 4.42 Å². The highest BCUT2D eigenvalue weighted by Crippen LogP contribution is 2.25. The first kappa shape index (κ1) is 18.3. The lowest BCUT2D eigenvalue weighted by molar-refractivity contribution is 0.577. The third-order valence-corrected chi connectivity index (χ3v) is 4.78. The van der Waals surface area contributed by atoms with Gasteiger partial charge in [-0.2, -0.15) is 0 Å². The smallest absolute Gasteiger partial charge is 0.216 e. The quantitative estimate of drug-likeness (QED) is 0.444. The number of nitrogens with one attached hydrogen (secondary N) is 3. The molecule has 4 rings (SSSR count). The van der Waals surface area contributed by atoms with Crippen LogP contribution in [-0.4, -0.2) is 52.3 Å². The molecule has 28 heavy (non-hydrogen) atoms. The Balaban J connectivity index is 1.30. The van der Waals surface area contributed by atoms with Crippen molar-refractivity contribution in [1.29, 1.82) is 0 Å². The van der Waals surface area contributed by atoms with Gasteiger partial charge in [0.15, 0.2) is 11.7 Å². The van der Waals surface area contributed by atoms with Crippen LogP contribution in [0.1, 0.15) is 12.2 Å². The molecule has 3 aromatic heterocycles. The minimum absolute atomic E-state index is 0.248. The number of anilines is 1. The Morgan fingerprint density at radius 2 is 2.36 bits per heavy atom. The number of aromatic amines is 1. The van der Waals surface area contributed by atoms with Crippen molar-refractivity contribution in [2.45, 2.75) is 19.0 Å². The van der Waals surface area contributed by atoms with Crippen LogP contribution in [0.15, 0.2) is 46.1 Å². The largest absolute Gasteiger partial charge is 0.461 e. The fourth-order valence-electron chi connectivity index (χ4n) is 3.13. The average molecular weight is 401 g/mol. The molecule has 1 atom stereocenters. The molecule has 3 N–H and O–H groups in total. The van der Waals surface area contributed by atoms with Gasteiger partial charge in [0, 0.05) is 32.4 Å². The van der Waals surface area contributed by atoms with Gasteiger partial charge in [0.1, 0.15) is 11.6 Å². The number of hydrogen-bond donors (Lipinski definition) is 3. The van der Waals surface area contributed by atoms with Gasteiger partial charge in [0.05, 0.1) is 17.8 Å². The molecule has 0 spiro atoms. The lowest BCUT2D eigenvalue weighted by Crippen LogP contribution is -2.44. The van der Waals surface area contributed by atoms with Crippen molar-refractivity contribution in [2.75, 3.05) is 25.0 Å². The highest BCUT2D eigenvalue weighted by Gasteiger charge is 2.25. The summed E-state index contributed by atoms with van der Waals surface area (Å²) >= 11 is 6.26. The molecular weight excluding hydrogens is 380 g/mol. The number of pyridine rings is 1. The summed E-state index contributed by atoms with van der Waals surface area (Å²) in [5, 5.41) is 14.4. The summed E-state index contributed by atoms with van der Waals surface area (Å²) in [7, 11) is 1.74. The number of hydrogen-bond acceptors (Lipinski definition) is 6. The van der Waals surface area contributed by atoms with E-state index in [9.17, 15) is 0 Å². The van der Waals surface area contributed by atoms with Crippen LogP contribution >= 0.6 is 11.6 Å². The van der Waals surface area contributed by atoms with Gasteiger partial charge in [-0.15, -0.1) is 5.10 Å². The molecule has 1 aliphatic heterocycles. The molecule has 9 nitrogen and oxygen atoms in total. The molecular formula is C18H21ClN8O. The zero-order valence-electron chi connectivity index (χ0n) is 15.4. The van der Waals surface area contributed by atoms with E-state index in [0.29, 0.717) is 34.9 Å². The van der Waals surface area contributed by atoms with E-state index in [-0.39, 0.29) is 6.04 Å². The minimum atomic E-state index is 0.248. The van der Waals surface area contributed by atoms with Crippen LogP contribution in [0.25, 0.3) is 11.6 Å². The maximum atomic E-state index is 6.26. The molecule has 0 radical (unpaired) electrons. The third kappa shape index (κ3) is 4.09. The molecule has 0 bridgehead atoms. The van der Waals surface area contributed by atoms with E-state index < -0.39 is 0 Å². The number of aromatic nitrogens is 4. The molecule has 1 unspecified atom stereocenters. The highest BCUT2D eigenvalue weighted by atomic mass is 35.5. The van der Waals surface area contributed by atoms with E-state index in [1.54, 1.807) is 25.6 Å². The minimum Gasteiger partial charge on any atom is -0.461 e. The summed E-state index contributed by atoms with van der Waals surface area (Å²) in [6.45, 7) is 2.16. The molecule has 3 aromatic rings. The molecule has 4 heterocycles. The monoisotopic (exact) mass is 400 g/mol. The molecule has 0 amide bonds. The van der Waals surface area contributed by atoms with Crippen LogP contribution in [0, 0.1) is 0 Å². The second kappa shape index (κ2) is 8.30. The lowest BCUT2D eigenvalue weighted by Gasteiger charge is -2.20. The number of halogens is 1. The zero-order valence-corrected chi connectivity index (χ0v) is 16.1. The van der Waals surface area contributed by atoms with Gasteiger partial charge in [0.2, 0.25) is 5.82 Å². The van der Waals surface area contributed by atoms with Crippen molar-refractivity contribution in [3.8, 4) is 11.6 Å². The van der Waals surface area contributed by atoms with Gasteiger partial charge >= 0.3 is 0 Å². The Bertz CT molecular complexity index is 939. The van der Waals surface area contributed by atoms with Gasteiger partial charge in [-0.05, 0) is 30.7 Å². The van der Waals surface area contributed by atoms with E-state index in [4.69, 9.17) is 16.0 Å². The van der Waals surface area contributed by atoms with Gasteiger partial charge in [-0.1, -0.05) is 11.6 Å². The van der Waals surface area contributed by atoms with Crippen LogP contribution in [0.5, 0.6) is 0 Å².